The number of carboxylic acid groups (broad SMARTS) is 1. The molecule has 2 aromatic rings. The predicted octanol–water partition coefficient (Wildman–Crippen LogP) is 5.09. The van der Waals surface area contributed by atoms with Crippen LogP contribution in [-0.4, -0.2) is 52.4 Å². The van der Waals surface area contributed by atoms with Gasteiger partial charge in [-0.15, -0.1) is 0 Å². The van der Waals surface area contributed by atoms with Gasteiger partial charge >= 0.3 is 5.97 Å². The highest BCUT2D eigenvalue weighted by Crippen LogP contribution is 2.36. The van der Waals surface area contributed by atoms with Crippen LogP contribution in [0.1, 0.15) is 49.3 Å². The minimum atomic E-state index is -0.979. The van der Waals surface area contributed by atoms with E-state index in [2.05, 4.69) is 0 Å². The first-order chi connectivity index (χ1) is 17.2. The first kappa shape index (κ1) is 26.4. The molecule has 1 N–H and O–H groups in total. The molecule has 2 fully saturated rings. The molecule has 192 valence electrons. The van der Waals surface area contributed by atoms with E-state index in [4.69, 9.17) is 27.9 Å². The van der Waals surface area contributed by atoms with Gasteiger partial charge < -0.3 is 9.84 Å². The molecule has 0 spiro atoms. The van der Waals surface area contributed by atoms with E-state index in [0.717, 1.165) is 18.4 Å². The Labute approximate surface area is 218 Å². The summed E-state index contributed by atoms with van der Waals surface area (Å²) in [4.78, 5) is 38.4. The van der Waals surface area contributed by atoms with Gasteiger partial charge in [0.05, 0.1) is 23.0 Å². The highest BCUT2D eigenvalue weighted by atomic mass is 35.5. The quantitative estimate of drug-likeness (QED) is 0.380. The molecule has 1 saturated heterocycles. The van der Waals surface area contributed by atoms with E-state index in [-0.39, 0.29) is 49.3 Å². The number of rotatable bonds is 12. The number of carbonyl (C=O) groups excluding carboxylic acids is 2. The van der Waals surface area contributed by atoms with Crippen LogP contribution in [0.25, 0.3) is 0 Å². The summed E-state index contributed by atoms with van der Waals surface area (Å²) >= 11 is 12.3. The Morgan fingerprint density at radius 3 is 2.44 bits per heavy atom. The first-order valence-corrected chi connectivity index (χ1v) is 12.6. The molecule has 0 aromatic heterocycles. The Hall–Kier alpha value is -2.68. The molecule has 1 aliphatic heterocycles. The second-order valence-corrected chi connectivity index (χ2v) is 10.0. The minimum Gasteiger partial charge on any atom is -0.490 e. The van der Waals surface area contributed by atoms with Crippen LogP contribution < -0.4 is 4.74 Å². The van der Waals surface area contributed by atoms with Gasteiger partial charge in [-0.2, -0.15) is 0 Å². The molecule has 36 heavy (non-hydrogen) atoms. The summed E-state index contributed by atoms with van der Waals surface area (Å²) in [6.45, 7) is 1.39. The fourth-order valence-electron chi connectivity index (χ4n) is 4.39. The number of carbonyl (C=O) groups is 3. The van der Waals surface area contributed by atoms with Gasteiger partial charge in [0, 0.05) is 32.0 Å². The summed E-state index contributed by atoms with van der Waals surface area (Å²) in [6.07, 6.45) is 2.42. The van der Waals surface area contributed by atoms with E-state index in [0.29, 0.717) is 35.3 Å². The summed E-state index contributed by atoms with van der Waals surface area (Å²) in [7, 11) is 0. The fraction of sp³-hybridized carbons (Fsp3) is 0.423. The van der Waals surface area contributed by atoms with E-state index in [1.54, 1.807) is 18.2 Å². The van der Waals surface area contributed by atoms with Gasteiger partial charge in [0.15, 0.2) is 0 Å². The Kier molecular flexibility index (Phi) is 8.49. The number of carboxylic acids is 1. The Morgan fingerprint density at radius 1 is 1.11 bits per heavy atom. The zero-order valence-corrected chi connectivity index (χ0v) is 21.1. The minimum absolute atomic E-state index is 0.0117. The molecule has 0 bridgehead atoms. The third kappa shape index (κ3) is 6.75. The second-order valence-electron chi connectivity index (χ2n) is 9.21. The van der Waals surface area contributed by atoms with Crippen molar-refractivity contribution in [3.8, 4) is 5.75 Å². The van der Waals surface area contributed by atoms with Crippen molar-refractivity contribution in [2.45, 2.75) is 44.7 Å². The molecule has 0 unspecified atom stereocenters. The van der Waals surface area contributed by atoms with Crippen LogP contribution >= 0.6 is 23.2 Å². The molecular formula is C26H27Cl2FN2O5. The maximum Gasteiger partial charge on any atom is 0.305 e. The number of aliphatic carboxylic acids is 1. The van der Waals surface area contributed by atoms with Crippen LogP contribution in [0, 0.1) is 11.7 Å². The Morgan fingerprint density at radius 2 is 1.83 bits per heavy atom. The number of imide groups is 1. The summed E-state index contributed by atoms with van der Waals surface area (Å²) in [6, 6.07) is 9.18. The third-order valence-corrected chi connectivity index (χ3v) is 7.04. The number of benzene rings is 2. The van der Waals surface area contributed by atoms with Crippen LogP contribution in [0.5, 0.6) is 5.75 Å². The monoisotopic (exact) mass is 536 g/mol. The number of amides is 2. The standard InChI is InChI=1S/C26H27Cl2FN2O5/c27-19-5-4-18(12-21(19)29)22(13-26(34)35)30(14-16-1-2-16)15-17-3-6-23(20(28)11-17)36-10-9-31-24(32)7-8-25(31)33/h3-6,11-12,16,22H,1-2,7-10,13-15H2,(H,34,35)/t22-/m1/s1. The number of likely N-dealkylation sites (tertiary alicyclic amines) is 1. The average molecular weight is 537 g/mol. The fourth-order valence-corrected chi connectivity index (χ4v) is 4.77. The van der Waals surface area contributed by atoms with Gasteiger partial charge in [-0.05, 0) is 54.2 Å². The maximum atomic E-state index is 14.2. The molecule has 1 saturated carbocycles. The van der Waals surface area contributed by atoms with Crippen LogP contribution in [0.3, 0.4) is 0 Å². The van der Waals surface area contributed by atoms with Crippen molar-refractivity contribution < 1.29 is 28.6 Å². The Bertz CT molecular complexity index is 1140. The second kappa shape index (κ2) is 11.6. The maximum absolute atomic E-state index is 14.2. The lowest BCUT2D eigenvalue weighted by atomic mass is 10.00. The zero-order chi connectivity index (χ0) is 25.8. The average Bonchev–Trinajstić information content (AvgIpc) is 3.59. The van der Waals surface area contributed by atoms with Crippen molar-refractivity contribution in [1.29, 1.82) is 0 Å². The summed E-state index contributed by atoms with van der Waals surface area (Å²) in [5.41, 5.74) is 1.40. The van der Waals surface area contributed by atoms with Crippen molar-refractivity contribution in [2.75, 3.05) is 19.7 Å². The molecule has 2 aromatic carbocycles. The predicted molar refractivity (Wildman–Crippen MR) is 132 cm³/mol. The SMILES string of the molecule is O=C(O)C[C@H](c1ccc(Cl)c(F)c1)N(Cc1ccc(OCCN2C(=O)CCC2=O)c(Cl)c1)CC1CC1. The normalized spacial score (nSPS) is 16.6. The smallest absolute Gasteiger partial charge is 0.305 e. The van der Waals surface area contributed by atoms with Crippen molar-refractivity contribution in [3.05, 3.63) is 63.4 Å². The zero-order valence-electron chi connectivity index (χ0n) is 19.6. The van der Waals surface area contributed by atoms with E-state index in [1.807, 2.05) is 11.0 Å². The van der Waals surface area contributed by atoms with Crippen LogP contribution in [0.15, 0.2) is 36.4 Å². The van der Waals surface area contributed by atoms with E-state index >= 15 is 0 Å². The molecule has 2 amide bonds. The lowest BCUT2D eigenvalue weighted by molar-refractivity contribution is -0.140. The molecule has 4 rings (SSSR count). The van der Waals surface area contributed by atoms with E-state index in [1.165, 1.54) is 17.0 Å². The first-order valence-electron chi connectivity index (χ1n) is 11.9. The highest BCUT2D eigenvalue weighted by molar-refractivity contribution is 6.32. The van der Waals surface area contributed by atoms with E-state index < -0.39 is 17.8 Å². The van der Waals surface area contributed by atoms with Crippen LogP contribution in [-0.2, 0) is 20.9 Å². The summed E-state index contributed by atoms with van der Waals surface area (Å²) < 4.78 is 19.9. The number of hydrogen-bond acceptors (Lipinski definition) is 5. The molecule has 0 radical (unpaired) electrons. The molecule has 2 aliphatic rings. The van der Waals surface area contributed by atoms with Crippen molar-refractivity contribution in [2.24, 2.45) is 5.92 Å². The summed E-state index contributed by atoms with van der Waals surface area (Å²) in [5.74, 6) is -1.07. The van der Waals surface area contributed by atoms with Crippen molar-refractivity contribution in [1.82, 2.24) is 9.80 Å². The van der Waals surface area contributed by atoms with Gasteiger partial charge in [-0.3, -0.25) is 24.2 Å². The van der Waals surface area contributed by atoms with Crippen molar-refractivity contribution in [3.63, 3.8) is 0 Å². The van der Waals surface area contributed by atoms with Crippen LogP contribution in [0.2, 0.25) is 10.0 Å². The molecule has 7 nitrogen and oxygen atoms in total. The van der Waals surface area contributed by atoms with Gasteiger partial charge in [0.25, 0.3) is 0 Å². The summed E-state index contributed by atoms with van der Waals surface area (Å²) in [5, 5.41) is 9.93. The van der Waals surface area contributed by atoms with Gasteiger partial charge in [-0.1, -0.05) is 35.3 Å². The molecule has 1 atom stereocenters. The topological polar surface area (TPSA) is 87.2 Å². The lowest BCUT2D eigenvalue weighted by Gasteiger charge is -2.32. The van der Waals surface area contributed by atoms with Gasteiger partial charge in [0.1, 0.15) is 18.2 Å². The number of nitrogens with zero attached hydrogens (tertiary/aromatic N) is 2. The number of ether oxygens (including phenoxy) is 1. The highest BCUT2D eigenvalue weighted by Gasteiger charge is 2.31. The van der Waals surface area contributed by atoms with Gasteiger partial charge in [-0.25, -0.2) is 4.39 Å². The van der Waals surface area contributed by atoms with Gasteiger partial charge in [0.2, 0.25) is 11.8 Å². The molecule has 10 heteroatoms. The number of halogens is 3. The molecule has 1 heterocycles. The van der Waals surface area contributed by atoms with Crippen molar-refractivity contribution >= 4 is 41.0 Å². The molecule has 1 aliphatic carbocycles. The van der Waals surface area contributed by atoms with E-state index in [9.17, 15) is 23.9 Å². The lowest BCUT2D eigenvalue weighted by Crippen LogP contribution is -2.33. The molecular weight excluding hydrogens is 510 g/mol. The number of hydrogen-bond donors (Lipinski definition) is 1. The van der Waals surface area contributed by atoms with Crippen LogP contribution in [0.4, 0.5) is 4.39 Å². The third-order valence-electron chi connectivity index (χ3n) is 6.44. The Balaban J connectivity index is 1.47. The largest absolute Gasteiger partial charge is 0.490 e.